The summed E-state index contributed by atoms with van der Waals surface area (Å²) in [5, 5.41) is 6.71. The van der Waals surface area contributed by atoms with Gasteiger partial charge in [-0.25, -0.2) is 9.97 Å². The van der Waals surface area contributed by atoms with Crippen LogP contribution in [0.5, 0.6) is 0 Å². The van der Waals surface area contributed by atoms with Crippen LogP contribution in [-0.2, 0) is 0 Å². The number of hydrogen-bond donors (Lipinski definition) is 2. The maximum Gasteiger partial charge on any atom is 0.136 e. The number of nitrogens with one attached hydrogen (secondary N) is 2. The summed E-state index contributed by atoms with van der Waals surface area (Å²) in [6.45, 7) is 6.11. The first-order valence-corrected chi connectivity index (χ1v) is 8.65. The van der Waals surface area contributed by atoms with Crippen LogP contribution in [0.2, 0.25) is 0 Å². The van der Waals surface area contributed by atoms with Gasteiger partial charge in [-0.2, -0.15) is 0 Å². The van der Waals surface area contributed by atoms with Crippen molar-refractivity contribution in [3.8, 4) is 0 Å². The van der Waals surface area contributed by atoms with Crippen molar-refractivity contribution in [3.63, 3.8) is 0 Å². The first-order valence-electron chi connectivity index (χ1n) is 8.65. The lowest BCUT2D eigenvalue weighted by atomic mass is 10.1. The average molecular weight is 347 g/mol. The van der Waals surface area contributed by atoms with Crippen molar-refractivity contribution < 1.29 is 0 Å². The second kappa shape index (κ2) is 7.44. The maximum absolute atomic E-state index is 4.49. The van der Waals surface area contributed by atoms with Crippen LogP contribution in [0.3, 0.4) is 0 Å². The summed E-state index contributed by atoms with van der Waals surface area (Å²) < 4.78 is 0. The maximum atomic E-state index is 4.49. The molecule has 0 aliphatic rings. The summed E-state index contributed by atoms with van der Waals surface area (Å²) in [5.41, 5.74) is 5.70. The minimum atomic E-state index is 0.714. The van der Waals surface area contributed by atoms with Crippen LogP contribution < -0.4 is 15.5 Å². The molecule has 2 N–H and O–H groups in total. The number of benzene rings is 2. The number of hydrogen-bond acceptors (Lipinski definition) is 5. The number of anilines is 5. The van der Waals surface area contributed by atoms with Gasteiger partial charge in [0, 0.05) is 37.2 Å². The summed E-state index contributed by atoms with van der Waals surface area (Å²) in [6, 6.07) is 16.5. The smallest absolute Gasteiger partial charge is 0.136 e. The normalized spacial score (nSPS) is 10.5. The number of rotatable bonds is 5. The molecule has 1 aromatic heterocycles. The second-order valence-electron chi connectivity index (χ2n) is 6.68. The molecular formula is C21H25N5. The Hall–Kier alpha value is -3.08. The van der Waals surface area contributed by atoms with Crippen LogP contribution in [0, 0.1) is 20.8 Å². The SMILES string of the molecule is Cc1nc(Nc2ccc(N(C)C)cc2)cc(Nc2ccc(C)c(C)c2)n1. The Morgan fingerprint density at radius 3 is 1.85 bits per heavy atom. The molecule has 26 heavy (non-hydrogen) atoms. The van der Waals surface area contributed by atoms with Crippen LogP contribution in [-0.4, -0.2) is 24.1 Å². The van der Waals surface area contributed by atoms with Crippen LogP contribution >= 0.6 is 0 Å². The van der Waals surface area contributed by atoms with E-state index < -0.39 is 0 Å². The van der Waals surface area contributed by atoms with Crippen molar-refractivity contribution in [3.05, 3.63) is 65.5 Å². The number of aromatic nitrogens is 2. The highest BCUT2D eigenvalue weighted by molar-refractivity contribution is 5.65. The van der Waals surface area contributed by atoms with Crippen molar-refractivity contribution in [2.45, 2.75) is 20.8 Å². The molecule has 3 aromatic rings. The van der Waals surface area contributed by atoms with Gasteiger partial charge in [0.15, 0.2) is 0 Å². The van der Waals surface area contributed by atoms with E-state index in [9.17, 15) is 0 Å². The second-order valence-corrected chi connectivity index (χ2v) is 6.68. The molecule has 3 rings (SSSR count). The van der Waals surface area contributed by atoms with E-state index in [0.717, 1.165) is 28.7 Å². The van der Waals surface area contributed by atoms with Crippen molar-refractivity contribution >= 4 is 28.7 Å². The fourth-order valence-electron chi connectivity index (χ4n) is 2.65. The van der Waals surface area contributed by atoms with Crippen LogP contribution in [0.25, 0.3) is 0 Å². The van der Waals surface area contributed by atoms with E-state index in [1.54, 1.807) is 0 Å². The summed E-state index contributed by atoms with van der Waals surface area (Å²) in [6.07, 6.45) is 0. The van der Waals surface area contributed by atoms with Crippen molar-refractivity contribution in [2.24, 2.45) is 0 Å². The molecule has 0 amide bonds. The molecule has 2 aromatic carbocycles. The summed E-state index contributed by atoms with van der Waals surface area (Å²) in [7, 11) is 4.06. The van der Waals surface area contributed by atoms with Gasteiger partial charge in [-0.1, -0.05) is 6.07 Å². The van der Waals surface area contributed by atoms with Gasteiger partial charge in [-0.15, -0.1) is 0 Å². The van der Waals surface area contributed by atoms with E-state index in [0.29, 0.717) is 5.82 Å². The first-order chi connectivity index (χ1) is 12.4. The Kier molecular flexibility index (Phi) is 5.07. The molecule has 0 aliphatic heterocycles. The van der Waals surface area contributed by atoms with Gasteiger partial charge in [0.1, 0.15) is 17.5 Å². The van der Waals surface area contributed by atoms with Gasteiger partial charge in [-0.3, -0.25) is 0 Å². The zero-order chi connectivity index (χ0) is 18.7. The van der Waals surface area contributed by atoms with Gasteiger partial charge >= 0.3 is 0 Å². The Balaban J connectivity index is 1.79. The molecule has 5 nitrogen and oxygen atoms in total. The van der Waals surface area contributed by atoms with E-state index in [1.165, 1.54) is 11.1 Å². The number of aryl methyl sites for hydroxylation is 3. The van der Waals surface area contributed by atoms with Crippen molar-refractivity contribution in [1.82, 2.24) is 9.97 Å². The Bertz CT molecular complexity index is 901. The van der Waals surface area contributed by atoms with Gasteiger partial charge in [-0.05, 0) is 68.3 Å². The minimum absolute atomic E-state index is 0.714. The summed E-state index contributed by atoms with van der Waals surface area (Å²) in [5.74, 6) is 2.25. The molecule has 0 spiro atoms. The Morgan fingerprint density at radius 1 is 0.692 bits per heavy atom. The molecule has 0 aliphatic carbocycles. The van der Waals surface area contributed by atoms with Crippen molar-refractivity contribution in [2.75, 3.05) is 29.6 Å². The Labute approximate surface area is 155 Å². The quantitative estimate of drug-likeness (QED) is 0.683. The minimum Gasteiger partial charge on any atom is -0.378 e. The van der Waals surface area contributed by atoms with E-state index >= 15 is 0 Å². The van der Waals surface area contributed by atoms with E-state index in [2.05, 4.69) is 69.7 Å². The van der Waals surface area contributed by atoms with Gasteiger partial charge in [0.2, 0.25) is 0 Å². The standard InChI is InChI=1S/C21H25N5/c1-14-6-7-18(12-15(14)2)25-21-13-20(22-16(3)23-21)24-17-8-10-19(11-9-17)26(4)5/h6-13H,1-5H3,(H2,22,23,24,25). The van der Waals surface area contributed by atoms with Crippen molar-refractivity contribution in [1.29, 1.82) is 0 Å². The topological polar surface area (TPSA) is 53.1 Å². The molecule has 134 valence electrons. The molecule has 5 heteroatoms. The third kappa shape index (κ3) is 4.30. The predicted octanol–water partition coefficient (Wildman–Crippen LogP) is 4.96. The first kappa shape index (κ1) is 17.7. The fourth-order valence-corrected chi connectivity index (χ4v) is 2.65. The van der Waals surface area contributed by atoms with Crippen LogP contribution in [0.1, 0.15) is 17.0 Å². The molecular weight excluding hydrogens is 322 g/mol. The molecule has 0 bridgehead atoms. The highest BCUT2D eigenvalue weighted by Crippen LogP contribution is 2.23. The molecule has 0 radical (unpaired) electrons. The lowest BCUT2D eigenvalue weighted by Crippen LogP contribution is -2.08. The summed E-state index contributed by atoms with van der Waals surface area (Å²) in [4.78, 5) is 11.1. The van der Waals surface area contributed by atoms with E-state index in [-0.39, 0.29) is 0 Å². The molecule has 0 saturated heterocycles. The highest BCUT2D eigenvalue weighted by atomic mass is 15.1. The van der Waals surface area contributed by atoms with Crippen LogP contribution in [0.4, 0.5) is 28.7 Å². The Morgan fingerprint density at radius 2 is 1.27 bits per heavy atom. The summed E-state index contributed by atoms with van der Waals surface area (Å²) >= 11 is 0. The predicted molar refractivity (Wildman–Crippen MR) is 110 cm³/mol. The molecule has 0 atom stereocenters. The zero-order valence-corrected chi connectivity index (χ0v) is 16.0. The van der Waals surface area contributed by atoms with Gasteiger partial charge in [0.25, 0.3) is 0 Å². The molecule has 0 fully saturated rings. The third-order valence-corrected chi connectivity index (χ3v) is 4.27. The zero-order valence-electron chi connectivity index (χ0n) is 16.0. The third-order valence-electron chi connectivity index (χ3n) is 4.27. The fraction of sp³-hybridized carbons (Fsp3) is 0.238. The highest BCUT2D eigenvalue weighted by Gasteiger charge is 2.05. The van der Waals surface area contributed by atoms with E-state index in [1.807, 2.05) is 39.2 Å². The molecule has 0 unspecified atom stereocenters. The lowest BCUT2D eigenvalue weighted by Gasteiger charge is -2.14. The van der Waals surface area contributed by atoms with Gasteiger partial charge in [0.05, 0.1) is 0 Å². The average Bonchev–Trinajstić information content (AvgIpc) is 2.58. The number of nitrogens with zero attached hydrogens (tertiary/aromatic N) is 3. The largest absolute Gasteiger partial charge is 0.378 e. The lowest BCUT2D eigenvalue weighted by molar-refractivity contribution is 1.06. The van der Waals surface area contributed by atoms with E-state index in [4.69, 9.17) is 0 Å². The van der Waals surface area contributed by atoms with Crippen LogP contribution in [0.15, 0.2) is 48.5 Å². The molecule has 1 heterocycles. The monoisotopic (exact) mass is 347 g/mol. The van der Waals surface area contributed by atoms with Gasteiger partial charge < -0.3 is 15.5 Å². The molecule has 0 saturated carbocycles.